The lowest BCUT2D eigenvalue weighted by Gasteiger charge is -2.35. The summed E-state index contributed by atoms with van der Waals surface area (Å²) in [6, 6.07) is 10.1. The highest BCUT2D eigenvalue weighted by Gasteiger charge is 2.27. The molecule has 1 aromatic heterocycles. The minimum Gasteiger partial charge on any atom is -0.466 e. The van der Waals surface area contributed by atoms with E-state index in [2.05, 4.69) is 29.0 Å². The highest BCUT2D eigenvalue weighted by molar-refractivity contribution is 5.81. The van der Waals surface area contributed by atoms with Gasteiger partial charge in [-0.2, -0.15) is 5.10 Å². The predicted molar refractivity (Wildman–Crippen MR) is 136 cm³/mol. The summed E-state index contributed by atoms with van der Waals surface area (Å²) < 4.78 is 12.2. The summed E-state index contributed by atoms with van der Waals surface area (Å²) in [6.07, 6.45) is 0.930. The van der Waals surface area contributed by atoms with Crippen molar-refractivity contribution in [2.75, 3.05) is 65.0 Å². The van der Waals surface area contributed by atoms with Crippen LogP contribution in [-0.2, 0) is 25.6 Å². The number of likely N-dealkylation sites (N-methyl/N-ethyl adjacent to an activating group) is 1. The lowest BCUT2D eigenvalue weighted by Crippen LogP contribution is -2.45. The normalized spacial score (nSPS) is 14.2. The second-order valence-electron chi connectivity index (χ2n) is 8.89. The number of aryl methyl sites for hydroxylation is 1. The molecule has 2 heterocycles. The number of carbonyl (C=O) groups is 2. The maximum atomic E-state index is 13.2. The second kappa shape index (κ2) is 13.3. The van der Waals surface area contributed by atoms with Gasteiger partial charge < -0.3 is 24.2 Å². The van der Waals surface area contributed by atoms with Gasteiger partial charge in [-0.1, -0.05) is 18.2 Å². The third kappa shape index (κ3) is 7.29. The van der Waals surface area contributed by atoms with E-state index in [4.69, 9.17) is 14.6 Å². The Morgan fingerprint density at radius 3 is 2.46 bits per heavy atom. The molecular formula is C26H39N5O4. The third-order valence-corrected chi connectivity index (χ3v) is 6.29. The van der Waals surface area contributed by atoms with E-state index in [0.29, 0.717) is 26.3 Å². The van der Waals surface area contributed by atoms with Gasteiger partial charge in [0.15, 0.2) is 0 Å². The Morgan fingerprint density at radius 2 is 1.80 bits per heavy atom. The van der Waals surface area contributed by atoms with Crippen molar-refractivity contribution in [2.24, 2.45) is 0 Å². The summed E-state index contributed by atoms with van der Waals surface area (Å²) in [6.45, 7) is 9.35. The number of carbonyl (C=O) groups excluding carboxylic acids is 2. The molecule has 0 saturated carbocycles. The number of piperazine rings is 1. The summed E-state index contributed by atoms with van der Waals surface area (Å²) in [5.41, 5.74) is 2.94. The number of methoxy groups -OCH3 is 1. The number of anilines is 1. The van der Waals surface area contributed by atoms with Gasteiger partial charge in [0.25, 0.3) is 0 Å². The first-order chi connectivity index (χ1) is 16.9. The van der Waals surface area contributed by atoms with Crippen LogP contribution < -0.4 is 4.90 Å². The quantitative estimate of drug-likeness (QED) is 0.338. The van der Waals surface area contributed by atoms with E-state index in [1.54, 1.807) is 14.0 Å². The number of para-hydroxylation sites is 1. The Balaban J connectivity index is 1.91. The Hall–Kier alpha value is -2.91. The van der Waals surface area contributed by atoms with Gasteiger partial charge in [0.2, 0.25) is 5.91 Å². The van der Waals surface area contributed by atoms with Gasteiger partial charge in [0, 0.05) is 58.4 Å². The van der Waals surface area contributed by atoms with Crippen molar-refractivity contribution >= 4 is 17.7 Å². The lowest BCUT2D eigenvalue weighted by atomic mass is 10.1. The zero-order valence-electron chi connectivity index (χ0n) is 21.5. The van der Waals surface area contributed by atoms with Gasteiger partial charge in [-0.15, -0.1) is 0 Å². The van der Waals surface area contributed by atoms with Crippen molar-refractivity contribution in [1.82, 2.24) is 19.6 Å². The van der Waals surface area contributed by atoms with Crippen molar-refractivity contribution in [3.05, 3.63) is 41.6 Å². The molecule has 1 saturated heterocycles. The van der Waals surface area contributed by atoms with Crippen molar-refractivity contribution in [2.45, 2.75) is 39.7 Å². The van der Waals surface area contributed by atoms with Crippen molar-refractivity contribution in [3.8, 4) is 5.69 Å². The lowest BCUT2D eigenvalue weighted by molar-refractivity contribution is -0.145. The number of benzene rings is 1. The number of rotatable bonds is 12. The van der Waals surface area contributed by atoms with Crippen LogP contribution >= 0.6 is 0 Å². The minimum atomic E-state index is -0.344. The molecule has 0 aliphatic carbocycles. The fourth-order valence-electron chi connectivity index (χ4n) is 4.31. The van der Waals surface area contributed by atoms with Crippen LogP contribution in [0.5, 0.6) is 0 Å². The molecule has 2 aromatic rings. The zero-order chi connectivity index (χ0) is 25.2. The average Bonchev–Trinajstić information content (AvgIpc) is 3.19. The van der Waals surface area contributed by atoms with Gasteiger partial charge in [0.1, 0.15) is 5.82 Å². The molecule has 3 rings (SSSR count). The molecule has 0 bridgehead atoms. The topological polar surface area (TPSA) is 80.1 Å². The number of amides is 1. The molecule has 1 aromatic carbocycles. The average molecular weight is 486 g/mol. The highest BCUT2D eigenvalue weighted by Crippen LogP contribution is 2.30. The van der Waals surface area contributed by atoms with E-state index in [1.165, 1.54) is 0 Å². The number of aromatic nitrogens is 2. The van der Waals surface area contributed by atoms with E-state index in [0.717, 1.165) is 55.4 Å². The van der Waals surface area contributed by atoms with Gasteiger partial charge in [-0.05, 0) is 39.4 Å². The number of nitrogens with zero attached hydrogens (tertiary/aromatic N) is 5. The van der Waals surface area contributed by atoms with Crippen LogP contribution in [0.1, 0.15) is 37.4 Å². The molecular weight excluding hydrogens is 446 g/mol. The fraction of sp³-hybridized carbons (Fsp3) is 0.577. The van der Waals surface area contributed by atoms with Crippen molar-refractivity contribution in [1.29, 1.82) is 0 Å². The van der Waals surface area contributed by atoms with E-state index < -0.39 is 0 Å². The van der Waals surface area contributed by atoms with E-state index >= 15 is 0 Å². The molecule has 9 heteroatoms. The molecule has 1 aliphatic rings. The molecule has 0 radical (unpaired) electrons. The van der Waals surface area contributed by atoms with Crippen LogP contribution in [0.15, 0.2) is 30.3 Å². The summed E-state index contributed by atoms with van der Waals surface area (Å²) in [7, 11) is 3.80. The molecule has 0 unspecified atom stereocenters. The molecule has 9 nitrogen and oxygen atoms in total. The first kappa shape index (κ1) is 26.7. The van der Waals surface area contributed by atoms with Crippen molar-refractivity contribution in [3.63, 3.8) is 0 Å². The van der Waals surface area contributed by atoms with Crippen LogP contribution in [0.25, 0.3) is 5.69 Å². The standard InChI is InChI=1S/C26H39N5O4/c1-5-35-25(33)13-12-24(32)30(14-9-19-34-4)20-23-21(2)27-31(22-10-7-6-8-11-22)26(23)29-17-15-28(3)16-18-29/h6-8,10-11H,5,9,12-20H2,1-4H3. The predicted octanol–water partition coefficient (Wildman–Crippen LogP) is 2.64. The molecule has 35 heavy (non-hydrogen) atoms. The molecule has 0 spiro atoms. The van der Waals surface area contributed by atoms with Gasteiger partial charge in [-0.25, -0.2) is 4.68 Å². The Labute approximate surface area is 208 Å². The smallest absolute Gasteiger partial charge is 0.306 e. The number of ether oxygens (including phenoxy) is 2. The summed E-state index contributed by atoms with van der Waals surface area (Å²) in [5.74, 6) is 0.631. The van der Waals surface area contributed by atoms with Crippen LogP contribution in [-0.4, -0.2) is 91.6 Å². The van der Waals surface area contributed by atoms with Crippen molar-refractivity contribution < 1.29 is 19.1 Å². The number of hydrogen-bond acceptors (Lipinski definition) is 7. The summed E-state index contributed by atoms with van der Waals surface area (Å²) in [4.78, 5) is 31.6. The van der Waals surface area contributed by atoms with Crippen LogP contribution in [0.2, 0.25) is 0 Å². The molecule has 1 aliphatic heterocycles. The summed E-state index contributed by atoms with van der Waals surface area (Å²) in [5, 5.41) is 4.91. The first-order valence-electron chi connectivity index (χ1n) is 12.4. The number of hydrogen-bond donors (Lipinski definition) is 0. The molecule has 1 amide bonds. The Bertz CT molecular complexity index is 954. The van der Waals surface area contributed by atoms with Crippen LogP contribution in [0, 0.1) is 6.92 Å². The summed E-state index contributed by atoms with van der Waals surface area (Å²) >= 11 is 0. The second-order valence-corrected chi connectivity index (χ2v) is 8.89. The van der Waals surface area contributed by atoms with Gasteiger partial charge >= 0.3 is 5.97 Å². The van der Waals surface area contributed by atoms with Gasteiger partial charge in [-0.3, -0.25) is 9.59 Å². The minimum absolute atomic E-state index is 0.0645. The number of esters is 1. The molecule has 0 N–H and O–H groups in total. The highest BCUT2D eigenvalue weighted by atomic mass is 16.5. The maximum absolute atomic E-state index is 13.2. The zero-order valence-corrected chi connectivity index (χ0v) is 21.5. The first-order valence-corrected chi connectivity index (χ1v) is 12.4. The fourth-order valence-corrected chi connectivity index (χ4v) is 4.31. The largest absolute Gasteiger partial charge is 0.466 e. The van der Waals surface area contributed by atoms with E-state index in [9.17, 15) is 9.59 Å². The Kier molecular flexibility index (Phi) is 10.1. The monoisotopic (exact) mass is 485 g/mol. The third-order valence-electron chi connectivity index (χ3n) is 6.29. The molecule has 0 atom stereocenters. The molecule has 192 valence electrons. The van der Waals surface area contributed by atoms with Crippen LogP contribution in [0.4, 0.5) is 5.82 Å². The van der Waals surface area contributed by atoms with Gasteiger partial charge in [0.05, 0.1) is 31.0 Å². The maximum Gasteiger partial charge on any atom is 0.306 e. The SMILES string of the molecule is CCOC(=O)CCC(=O)N(CCCOC)Cc1c(C)nn(-c2ccccc2)c1N1CCN(C)CC1. The molecule has 1 fully saturated rings. The van der Waals surface area contributed by atoms with Crippen LogP contribution in [0.3, 0.4) is 0 Å². The Morgan fingerprint density at radius 1 is 1.09 bits per heavy atom. The van der Waals surface area contributed by atoms with E-state index in [1.807, 2.05) is 34.7 Å². The van der Waals surface area contributed by atoms with E-state index in [-0.39, 0.29) is 24.7 Å².